The fourth-order valence-electron chi connectivity index (χ4n) is 3.36. The molecule has 1 aromatic heterocycles. The molecule has 0 amide bonds. The Hall–Kier alpha value is -3.36. The van der Waals surface area contributed by atoms with E-state index >= 15 is 0 Å². The van der Waals surface area contributed by atoms with Crippen LogP contribution in [-0.2, 0) is 17.6 Å². The number of nitrogens with zero attached hydrogens (tertiary/aromatic N) is 1. The average Bonchev–Trinajstić information content (AvgIpc) is 3.24. The Bertz CT molecular complexity index is 1130. The Balaban J connectivity index is 1.81. The van der Waals surface area contributed by atoms with Crippen LogP contribution >= 0.6 is 0 Å². The van der Waals surface area contributed by atoms with Gasteiger partial charge in [-0.05, 0) is 37.1 Å². The highest BCUT2D eigenvalue weighted by Crippen LogP contribution is 2.31. The maximum atomic E-state index is 13.3. The molecule has 180 valence electrons. The van der Waals surface area contributed by atoms with Gasteiger partial charge in [-0.3, -0.25) is 10.1 Å². The molecule has 2 aromatic carbocycles. The van der Waals surface area contributed by atoms with Crippen molar-refractivity contribution in [2.75, 3.05) is 6.61 Å². The van der Waals surface area contributed by atoms with Crippen LogP contribution in [0, 0.1) is 6.92 Å². The Morgan fingerprint density at radius 3 is 2.53 bits per heavy atom. The van der Waals surface area contributed by atoms with Gasteiger partial charge in [0.1, 0.15) is 18.5 Å². The molecule has 0 aliphatic rings. The lowest BCUT2D eigenvalue weighted by atomic mass is 10.1. The Morgan fingerprint density at radius 2 is 1.88 bits per heavy atom. The number of benzene rings is 2. The zero-order valence-corrected chi connectivity index (χ0v) is 18.9. The summed E-state index contributed by atoms with van der Waals surface area (Å²) in [6, 6.07) is 14.7. The summed E-state index contributed by atoms with van der Waals surface area (Å²) < 4.78 is 47.1. The zero-order valence-electron chi connectivity index (χ0n) is 18.9. The van der Waals surface area contributed by atoms with Gasteiger partial charge >= 0.3 is 6.18 Å². The number of rotatable bonds is 10. The van der Waals surface area contributed by atoms with Crippen LogP contribution in [0.2, 0.25) is 0 Å². The van der Waals surface area contributed by atoms with Crippen molar-refractivity contribution in [3.63, 3.8) is 0 Å². The standard InChI is InChI=1S/C26H26F3NO4/c1-3-22(17-33-32)34-23-8-4-6-19(14-23)7-5-13-30-16-21(26(27,28)29)15-24(30)25(31)20-11-9-18(2)10-12-20/h4-12,14-16,22,32H,3,13,17H2,1-2H3/t22-/m0/s1. The molecule has 0 aliphatic heterocycles. The molecule has 5 nitrogen and oxygen atoms in total. The third-order valence-corrected chi connectivity index (χ3v) is 5.26. The quantitative estimate of drug-likeness (QED) is 0.210. The van der Waals surface area contributed by atoms with Crippen LogP contribution in [0.25, 0.3) is 6.08 Å². The molecule has 0 saturated heterocycles. The minimum absolute atomic E-state index is 0.0313. The van der Waals surface area contributed by atoms with Crippen LogP contribution in [0.3, 0.4) is 0 Å². The zero-order chi connectivity index (χ0) is 24.7. The summed E-state index contributed by atoms with van der Waals surface area (Å²) in [6.45, 7) is 3.87. The summed E-state index contributed by atoms with van der Waals surface area (Å²) in [5.41, 5.74) is 1.14. The average molecular weight is 473 g/mol. The van der Waals surface area contributed by atoms with Crippen LogP contribution < -0.4 is 4.74 Å². The number of halogens is 3. The first kappa shape index (κ1) is 25.3. The van der Waals surface area contributed by atoms with Gasteiger partial charge in [-0.25, -0.2) is 4.89 Å². The fraction of sp³-hybridized carbons (Fsp3) is 0.269. The van der Waals surface area contributed by atoms with Crippen molar-refractivity contribution >= 4 is 11.9 Å². The number of aryl methyl sites for hydroxylation is 1. The van der Waals surface area contributed by atoms with E-state index in [-0.39, 0.29) is 24.9 Å². The Morgan fingerprint density at radius 1 is 1.15 bits per heavy atom. The van der Waals surface area contributed by atoms with E-state index in [1.165, 1.54) is 4.57 Å². The van der Waals surface area contributed by atoms with Crippen molar-refractivity contribution in [3.8, 4) is 5.75 Å². The van der Waals surface area contributed by atoms with Gasteiger partial charge in [-0.2, -0.15) is 13.2 Å². The second-order valence-corrected chi connectivity index (χ2v) is 7.88. The van der Waals surface area contributed by atoms with Gasteiger partial charge in [-0.15, -0.1) is 0 Å². The van der Waals surface area contributed by atoms with Gasteiger partial charge in [0.2, 0.25) is 5.78 Å². The van der Waals surface area contributed by atoms with E-state index in [4.69, 9.17) is 9.99 Å². The van der Waals surface area contributed by atoms with Gasteiger partial charge in [0.25, 0.3) is 0 Å². The van der Waals surface area contributed by atoms with Gasteiger partial charge < -0.3 is 9.30 Å². The minimum Gasteiger partial charge on any atom is -0.488 e. The topological polar surface area (TPSA) is 60.7 Å². The summed E-state index contributed by atoms with van der Waals surface area (Å²) in [5.74, 6) is 0.0950. The second-order valence-electron chi connectivity index (χ2n) is 7.88. The monoisotopic (exact) mass is 473 g/mol. The Labute approximate surface area is 196 Å². The van der Waals surface area contributed by atoms with E-state index in [9.17, 15) is 18.0 Å². The molecule has 3 aromatic rings. The molecule has 0 unspecified atom stereocenters. The summed E-state index contributed by atoms with van der Waals surface area (Å²) >= 11 is 0. The van der Waals surface area contributed by atoms with E-state index in [1.807, 2.05) is 19.9 Å². The third-order valence-electron chi connectivity index (χ3n) is 5.26. The molecule has 0 aliphatic carbocycles. The number of hydrogen-bond donors (Lipinski definition) is 1. The number of ether oxygens (including phenoxy) is 1. The highest BCUT2D eigenvalue weighted by Gasteiger charge is 2.33. The maximum absolute atomic E-state index is 13.3. The van der Waals surface area contributed by atoms with Gasteiger partial charge in [0, 0.05) is 18.3 Å². The molecular weight excluding hydrogens is 447 g/mol. The minimum atomic E-state index is -4.56. The van der Waals surface area contributed by atoms with Crippen LogP contribution in [0.5, 0.6) is 5.75 Å². The molecule has 3 rings (SSSR count). The first-order chi connectivity index (χ1) is 16.2. The van der Waals surface area contributed by atoms with Crippen molar-refractivity contribution in [1.29, 1.82) is 0 Å². The summed E-state index contributed by atoms with van der Waals surface area (Å²) in [6.07, 6.45) is 0.125. The van der Waals surface area contributed by atoms with Gasteiger partial charge in [0.05, 0.1) is 11.3 Å². The number of carbonyl (C=O) groups excluding carboxylic acids is 1. The van der Waals surface area contributed by atoms with E-state index in [0.29, 0.717) is 17.7 Å². The molecule has 34 heavy (non-hydrogen) atoms. The maximum Gasteiger partial charge on any atom is 0.417 e. The molecule has 0 saturated carbocycles. The molecule has 0 spiro atoms. The van der Waals surface area contributed by atoms with E-state index in [2.05, 4.69) is 4.89 Å². The van der Waals surface area contributed by atoms with Crippen molar-refractivity contribution in [3.05, 3.63) is 94.8 Å². The second kappa shape index (κ2) is 11.2. The molecular formula is C26H26F3NO4. The fourth-order valence-corrected chi connectivity index (χ4v) is 3.36. The lowest BCUT2D eigenvalue weighted by molar-refractivity contribution is -0.254. The number of allylic oxidation sites excluding steroid dienone is 1. The number of aromatic nitrogens is 1. The van der Waals surface area contributed by atoms with Crippen molar-refractivity contribution in [2.45, 2.75) is 39.1 Å². The van der Waals surface area contributed by atoms with Crippen LogP contribution in [-0.4, -0.2) is 28.3 Å². The number of hydrogen-bond acceptors (Lipinski definition) is 4. The highest BCUT2D eigenvalue weighted by atomic mass is 19.4. The predicted octanol–water partition coefficient (Wildman–Crippen LogP) is 6.41. The van der Waals surface area contributed by atoms with E-state index in [1.54, 1.807) is 54.6 Å². The van der Waals surface area contributed by atoms with Gasteiger partial charge in [0.15, 0.2) is 0 Å². The summed E-state index contributed by atoms with van der Waals surface area (Å²) in [5, 5.41) is 8.64. The van der Waals surface area contributed by atoms with Crippen molar-refractivity contribution in [1.82, 2.24) is 4.57 Å². The molecule has 0 fully saturated rings. The SMILES string of the molecule is CC[C@@H](COO)Oc1cccc(C=CCn2cc(C(F)(F)F)cc2C(=O)c2ccc(C)cc2)c1. The molecule has 0 bridgehead atoms. The first-order valence-corrected chi connectivity index (χ1v) is 10.8. The lowest BCUT2D eigenvalue weighted by Crippen LogP contribution is -2.21. The predicted molar refractivity (Wildman–Crippen MR) is 123 cm³/mol. The van der Waals surface area contributed by atoms with Crippen molar-refractivity contribution < 1.29 is 32.8 Å². The lowest BCUT2D eigenvalue weighted by Gasteiger charge is -2.16. The summed E-state index contributed by atoms with van der Waals surface area (Å²) in [4.78, 5) is 17.1. The van der Waals surface area contributed by atoms with Crippen LogP contribution in [0.4, 0.5) is 13.2 Å². The van der Waals surface area contributed by atoms with Gasteiger partial charge in [-0.1, -0.05) is 61.0 Å². The third kappa shape index (κ3) is 6.59. The molecule has 8 heteroatoms. The Kier molecular flexibility index (Phi) is 8.31. The normalized spacial score (nSPS) is 12.8. The van der Waals surface area contributed by atoms with Crippen LogP contribution in [0.15, 0.2) is 66.9 Å². The molecule has 1 N–H and O–H groups in total. The molecule has 1 atom stereocenters. The number of alkyl halides is 3. The first-order valence-electron chi connectivity index (χ1n) is 10.8. The van der Waals surface area contributed by atoms with E-state index in [0.717, 1.165) is 23.4 Å². The molecule has 0 radical (unpaired) electrons. The largest absolute Gasteiger partial charge is 0.488 e. The summed E-state index contributed by atoms with van der Waals surface area (Å²) in [7, 11) is 0. The smallest absolute Gasteiger partial charge is 0.417 e. The molecule has 1 heterocycles. The van der Waals surface area contributed by atoms with Crippen LogP contribution in [0.1, 0.15) is 46.1 Å². The van der Waals surface area contributed by atoms with Crippen molar-refractivity contribution in [2.24, 2.45) is 0 Å². The number of ketones is 1. The van der Waals surface area contributed by atoms with E-state index < -0.39 is 17.5 Å². The number of carbonyl (C=O) groups is 1. The highest BCUT2D eigenvalue weighted by molar-refractivity contribution is 6.08.